The van der Waals surface area contributed by atoms with E-state index in [0.29, 0.717) is 18.5 Å². The van der Waals surface area contributed by atoms with Crippen molar-refractivity contribution in [2.45, 2.75) is 25.9 Å². The second kappa shape index (κ2) is 7.30. The molecule has 1 aromatic heterocycles. The van der Waals surface area contributed by atoms with Crippen LogP contribution in [0.1, 0.15) is 29.3 Å². The van der Waals surface area contributed by atoms with Crippen LogP contribution in [-0.2, 0) is 6.54 Å². The van der Waals surface area contributed by atoms with Crippen molar-refractivity contribution in [2.75, 3.05) is 7.05 Å². The average molecular weight is 334 g/mol. The maximum Gasteiger partial charge on any atom is 0.253 e. The van der Waals surface area contributed by atoms with Crippen LogP contribution >= 0.6 is 0 Å². The van der Waals surface area contributed by atoms with Gasteiger partial charge in [0, 0.05) is 30.5 Å². The predicted octanol–water partition coefficient (Wildman–Crippen LogP) is 3.58. The fourth-order valence-electron chi connectivity index (χ4n) is 2.81. The summed E-state index contributed by atoms with van der Waals surface area (Å²) in [6.07, 6.45) is 3.77. The summed E-state index contributed by atoms with van der Waals surface area (Å²) in [6, 6.07) is 15.8. The SMILES string of the molecule is CC(CC=N)N(C)C(=O)c1ccc(Cn2ncc3ccccc32)cc1. The second-order valence-electron chi connectivity index (χ2n) is 6.26. The smallest absolute Gasteiger partial charge is 0.253 e. The number of benzene rings is 2. The molecule has 25 heavy (non-hydrogen) atoms. The molecule has 3 rings (SSSR count). The zero-order chi connectivity index (χ0) is 17.8. The molecule has 0 fully saturated rings. The van der Waals surface area contributed by atoms with Crippen LogP contribution in [0.25, 0.3) is 10.9 Å². The van der Waals surface area contributed by atoms with E-state index in [1.54, 1.807) is 11.9 Å². The van der Waals surface area contributed by atoms with Crippen LogP contribution in [0.5, 0.6) is 0 Å². The van der Waals surface area contributed by atoms with Crippen LogP contribution in [0.3, 0.4) is 0 Å². The van der Waals surface area contributed by atoms with Gasteiger partial charge in [0.2, 0.25) is 0 Å². The third kappa shape index (κ3) is 3.60. The molecule has 1 unspecified atom stereocenters. The molecule has 2 aromatic carbocycles. The van der Waals surface area contributed by atoms with Crippen LogP contribution in [0.15, 0.2) is 54.7 Å². The summed E-state index contributed by atoms with van der Waals surface area (Å²) in [5.74, 6) is -0.0227. The first kappa shape index (κ1) is 16.9. The Morgan fingerprint density at radius 3 is 2.68 bits per heavy atom. The van der Waals surface area contributed by atoms with Crippen molar-refractivity contribution in [2.24, 2.45) is 0 Å². The Labute approximate surface area is 147 Å². The summed E-state index contributed by atoms with van der Waals surface area (Å²) in [5, 5.41) is 12.7. The highest BCUT2D eigenvalue weighted by Crippen LogP contribution is 2.15. The minimum atomic E-state index is -0.0227. The van der Waals surface area contributed by atoms with E-state index in [4.69, 9.17) is 5.41 Å². The molecular weight excluding hydrogens is 312 g/mol. The monoisotopic (exact) mass is 334 g/mol. The summed E-state index contributed by atoms with van der Waals surface area (Å²) >= 11 is 0. The van der Waals surface area contributed by atoms with Gasteiger partial charge in [0.25, 0.3) is 5.91 Å². The summed E-state index contributed by atoms with van der Waals surface area (Å²) in [4.78, 5) is 14.2. The Kier molecular flexibility index (Phi) is 4.93. The Morgan fingerprint density at radius 2 is 1.96 bits per heavy atom. The number of hydrogen-bond acceptors (Lipinski definition) is 3. The maximum absolute atomic E-state index is 12.5. The fraction of sp³-hybridized carbons (Fsp3) is 0.250. The lowest BCUT2D eigenvalue weighted by molar-refractivity contribution is 0.0748. The molecule has 1 amide bonds. The average Bonchev–Trinajstić information content (AvgIpc) is 3.04. The van der Waals surface area contributed by atoms with Gasteiger partial charge in [-0.05, 0) is 36.9 Å². The molecule has 0 aliphatic rings. The summed E-state index contributed by atoms with van der Waals surface area (Å²) in [7, 11) is 1.78. The van der Waals surface area contributed by atoms with E-state index in [0.717, 1.165) is 16.5 Å². The number of nitrogens with zero attached hydrogens (tertiary/aromatic N) is 3. The number of nitrogens with one attached hydrogen (secondary N) is 1. The quantitative estimate of drug-likeness (QED) is 0.700. The van der Waals surface area contributed by atoms with Gasteiger partial charge in [-0.2, -0.15) is 5.10 Å². The van der Waals surface area contributed by atoms with E-state index in [2.05, 4.69) is 11.2 Å². The van der Waals surface area contributed by atoms with Gasteiger partial charge in [-0.15, -0.1) is 0 Å². The molecule has 0 bridgehead atoms. The van der Waals surface area contributed by atoms with Crippen LogP contribution in [0.2, 0.25) is 0 Å². The number of hydrogen-bond donors (Lipinski definition) is 1. The van der Waals surface area contributed by atoms with Crippen molar-refractivity contribution in [1.82, 2.24) is 14.7 Å². The molecule has 128 valence electrons. The lowest BCUT2D eigenvalue weighted by Gasteiger charge is -2.23. The molecule has 0 saturated heterocycles. The first-order chi connectivity index (χ1) is 12.1. The van der Waals surface area contributed by atoms with Gasteiger partial charge in [-0.3, -0.25) is 9.48 Å². The van der Waals surface area contributed by atoms with E-state index < -0.39 is 0 Å². The molecule has 0 aliphatic heterocycles. The highest BCUT2D eigenvalue weighted by atomic mass is 16.2. The van der Waals surface area contributed by atoms with E-state index >= 15 is 0 Å². The van der Waals surface area contributed by atoms with Gasteiger partial charge in [0.05, 0.1) is 18.3 Å². The van der Waals surface area contributed by atoms with Gasteiger partial charge < -0.3 is 10.3 Å². The third-order valence-corrected chi connectivity index (χ3v) is 4.52. The number of para-hydroxylation sites is 1. The van der Waals surface area contributed by atoms with Gasteiger partial charge in [-0.1, -0.05) is 30.3 Å². The highest BCUT2D eigenvalue weighted by molar-refractivity contribution is 5.94. The van der Waals surface area contributed by atoms with Crippen LogP contribution in [-0.4, -0.2) is 39.9 Å². The first-order valence-electron chi connectivity index (χ1n) is 8.35. The molecule has 1 N–H and O–H groups in total. The van der Waals surface area contributed by atoms with Crippen molar-refractivity contribution in [3.8, 4) is 0 Å². The standard InChI is InChI=1S/C20H22N4O/c1-15(11-12-21)23(2)20(25)17-9-7-16(8-10-17)14-24-19-6-4-3-5-18(19)13-22-24/h3-10,12-13,15,21H,11,14H2,1-2H3. The van der Waals surface area contributed by atoms with E-state index in [-0.39, 0.29) is 11.9 Å². The minimum absolute atomic E-state index is 0.0140. The van der Waals surface area contributed by atoms with Crippen LogP contribution in [0.4, 0.5) is 0 Å². The highest BCUT2D eigenvalue weighted by Gasteiger charge is 2.16. The molecule has 0 radical (unpaired) electrons. The van der Waals surface area contributed by atoms with Crippen LogP contribution < -0.4 is 0 Å². The molecule has 5 heteroatoms. The maximum atomic E-state index is 12.5. The summed E-state index contributed by atoms with van der Waals surface area (Å²) < 4.78 is 1.96. The molecule has 3 aromatic rings. The third-order valence-electron chi connectivity index (χ3n) is 4.52. The number of amides is 1. The van der Waals surface area contributed by atoms with Crippen molar-refractivity contribution < 1.29 is 4.79 Å². The Hall–Kier alpha value is -2.95. The van der Waals surface area contributed by atoms with Crippen LogP contribution in [0, 0.1) is 5.41 Å². The second-order valence-corrected chi connectivity index (χ2v) is 6.26. The Balaban J connectivity index is 1.74. The zero-order valence-corrected chi connectivity index (χ0v) is 14.5. The Bertz CT molecular complexity index is 882. The molecule has 0 saturated carbocycles. The predicted molar refractivity (Wildman–Crippen MR) is 100 cm³/mol. The molecule has 1 atom stereocenters. The molecule has 0 spiro atoms. The fourth-order valence-corrected chi connectivity index (χ4v) is 2.81. The van der Waals surface area contributed by atoms with Gasteiger partial charge in [-0.25, -0.2) is 0 Å². The summed E-state index contributed by atoms with van der Waals surface area (Å²) in [5.41, 5.74) is 2.86. The van der Waals surface area contributed by atoms with Crippen molar-refractivity contribution >= 4 is 23.0 Å². The normalized spacial score (nSPS) is 12.1. The van der Waals surface area contributed by atoms with E-state index in [9.17, 15) is 4.79 Å². The zero-order valence-electron chi connectivity index (χ0n) is 14.5. The summed E-state index contributed by atoms with van der Waals surface area (Å²) in [6.45, 7) is 2.61. The molecular formula is C20H22N4O. The first-order valence-corrected chi connectivity index (χ1v) is 8.35. The largest absolute Gasteiger partial charge is 0.339 e. The number of aromatic nitrogens is 2. The van der Waals surface area contributed by atoms with E-state index in [1.165, 1.54) is 6.21 Å². The molecule has 5 nitrogen and oxygen atoms in total. The minimum Gasteiger partial charge on any atom is -0.339 e. The number of rotatable bonds is 6. The van der Waals surface area contributed by atoms with Gasteiger partial charge in [0.15, 0.2) is 0 Å². The number of fused-ring (bicyclic) bond motifs is 1. The lowest BCUT2D eigenvalue weighted by atomic mass is 10.1. The van der Waals surface area contributed by atoms with Gasteiger partial charge >= 0.3 is 0 Å². The van der Waals surface area contributed by atoms with Crippen molar-refractivity contribution in [3.05, 3.63) is 65.9 Å². The van der Waals surface area contributed by atoms with Crippen molar-refractivity contribution in [3.63, 3.8) is 0 Å². The number of carbonyl (C=O) groups is 1. The number of carbonyl (C=O) groups excluding carboxylic acids is 1. The van der Waals surface area contributed by atoms with Gasteiger partial charge in [0.1, 0.15) is 0 Å². The topological polar surface area (TPSA) is 62.0 Å². The van der Waals surface area contributed by atoms with Crippen molar-refractivity contribution in [1.29, 1.82) is 5.41 Å². The van der Waals surface area contributed by atoms with E-state index in [1.807, 2.05) is 60.3 Å². The molecule has 0 aliphatic carbocycles. The Morgan fingerprint density at radius 1 is 1.24 bits per heavy atom. The molecule has 1 heterocycles. The lowest BCUT2D eigenvalue weighted by Crippen LogP contribution is -2.35.